The average molecular weight is 260 g/mol. The molecule has 0 aliphatic rings. The molecule has 5 heteroatoms. The van der Waals surface area contributed by atoms with Gasteiger partial charge in [-0.15, -0.1) is 0 Å². The second-order valence-corrected chi connectivity index (χ2v) is 4.47. The van der Waals surface area contributed by atoms with Gasteiger partial charge in [-0.3, -0.25) is 4.90 Å². The van der Waals surface area contributed by atoms with Crippen molar-refractivity contribution in [2.45, 2.75) is 13.5 Å². The molecule has 0 atom stereocenters. The molecule has 1 aromatic carbocycles. The first-order chi connectivity index (χ1) is 9.04. The van der Waals surface area contributed by atoms with Crippen molar-refractivity contribution in [2.75, 3.05) is 13.6 Å². The Hall–Kier alpha value is -2.14. The van der Waals surface area contributed by atoms with Crippen LogP contribution in [0.4, 0.5) is 0 Å². The number of hydrogen-bond acceptors (Lipinski definition) is 4. The molecule has 0 unspecified atom stereocenters. The number of nitrogens with zero attached hydrogens (tertiary/aromatic N) is 2. The maximum absolute atomic E-state index is 10.4. The molecule has 0 aliphatic heterocycles. The normalized spacial score (nSPS) is 11.7. The first-order valence-electron chi connectivity index (χ1n) is 5.98. The molecule has 1 N–H and O–H groups in total. The van der Waals surface area contributed by atoms with Crippen LogP contribution in [0, 0.1) is 6.92 Å². The van der Waals surface area contributed by atoms with E-state index in [1.54, 1.807) is 6.08 Å². The van der Waals surface area contributed by atoms with E-state index in [9.17, 15) is 4.79 Å². The van der Waals surface area contributed by atoms with Gasteiger partial charge in [-0.1, -0.05) is 12.1 Å². The average Bonchev–Trinajstić information content (AvgIpc) is 2.67. The molecular weight excluding hydrogens is 244 g/mol. The van der Waals surface area contributed by atoms with Crippen LogP contribution in [0.25, 0.3) is 11.1 Å². The molecule has 2 rings (SSSR count). The van der Waals surface area contributed by atoms with E-state index >= 15 is 0 Å². The molecule has 2 aromatic rings. The summed E-state index contributed by atoms with van der Waals surface area (Å²) in [7, 11) is 1.93. The summed E-state index contributed by atoms with van der Waals surface area (Å²) in [4.78, 5) is 16.6. The van der Waals surface area contributed by atoms with Crippen LogP contribution in [0.3, 0.4) is 0 Å². The number of rotatable bonds is 5. The molecule has 0 spiro atoms. The Kier molecular flexibility index (Phi) is 3.97. The van der Waals surface area contributed by atoms with E-state index in [1.165, 1.54) is 0 Å². The van der Waals surface area contributed by atoms with Gasteiger partial charge in [-0.25, -0.2) is 9.78 Å². The molecule has 0 saturated heterocycles. The molecule has 0 amide bonds. The smallest absolute Gasteiger partial charge is 0.328 e. The number of carbonyl (C=O) groups is 1. The quantitative estimate of drug-likeness (QED) is 0.835. The summed E-state index contributed by atoms with van der Waals surface area (Å²) in [6.07, 6.45) is 2.78. The van der Waals surface area contributed by atoms with Gasteiger partial charge in [0.25, 0.3) is 0 Å². The van der Waals surface area contributed by atoms with E-state index in [2.05, 4.69) is 4.98 Å². The summed E-state index contributed by atoms with van der Waals surface area (Å²) >= 11 is 0. The zero-order chi connectivity index (χ0) is 13.8. The molecule has 1 heterocycles. The predicted molar refractivity (Wildman–Crippen MR) is 71.9 cm³/mol. The lowest BCUT2D eigenvalue weighted by Gasteiger charge is -2.13. The standard InChI is InChI=1S/C14H16N2O3/c1-10-15-12-6-5-11(8-13(12)19-10)9-16(2)7-3-4-14(17)18/h3-6,8H,7,9H2,1-2H3,(H,17,18)/b4-3+. The number of oxazole rings is 1. The van der Waals surface area contributed by atoms with Crippen molar-refractivity contribution in [2.24, 2.45) is 0 Å². The summed E-state index contributed by atoms with van der Waals surface area (Å²) in [6.45, 7) is 3.13. The Labute approximate surface area is 111 Å². The minimum atomic E-state index is -0.924. The fourth-order valence-corrected chi connectivity index (χ4v) is 1.89. The monoisotopic (exact) mass is 260 g/mol. The van der Waals surface area contributed by atoms with Gasteiger partial charge in [0.1, 0.15) is 5.52 Å². The molecular formula is C14H16N2O3. The van der Waals surface area contributed by atoms with Gasteiger partial charge >= 0.3 is 5.97 Å². The second kappa shape index (κ2) is 5.67. The van der Waals surface area contributed by atoms with E-state index < -0.39 is 5.97 Å². The lowest BCUT2D eigenvalue weighted by molar-refractivity contribution is -0.131. The van der Waals surface area contributed by atoms with Crippen molar-refractivity contribution in [3.8, 4) is 0 Å². The Balaban J connectivity index is 2.02. The Morgan fingerprint density at radius 2 is 2.32 bits per heavy atom. The van der Waals surface area contributed by atoms with Crippen molar-refractivity contribution in [3.63, 3.8) is 0 Å². The molecule has 100 valence electrons. The number of benzene rings is 1. The highest BCUT2D eigenvalue weighted by molar-refractivity contribution is 5.79. The molecule has 19 heavy (non-hydrogen) atoms. The van der Waals surface area contributed by atoms with E-state index in [-0.39, 0.29) is 0 Å². The summed E-state index contributed by atoms with van der Waals surface area (Å²) in [5.41, 5.74) is 2.74. The fourth-order valence-electron chi connectivity index (χ4n) is 1.89. The minimum absolute atomic E-state index is 0.583. The van der Waals surface area contributed by atoms with Crippen molar-refractivity contribution < 1.29 is 14.3 Å². The van der Waals surface area contributed by atoms with Crippen molar-refractivity contribution >= 4 is 17.1 Å². The first kappa shape index (κ1) is 13.3. The third-order valence-electron chi connectivity index (χ3n) is 2.69. The van der Waals surface area contributed by atoms with Crippen molar-refractivity contribution in [1.82, 2.24) is 9.88 Å². The van der Waals surface area contributed by atoms with Gasteiger partial charge in [0.05, 0.1) is 0 Å². The largest absolute Gasteiger partial charge is 0.478 e. The zero-order valence-electron chi connectivity index (χ0n) is 11.0. The maximum atomic E-state index is 10.4. The predicted octanol–water partition coefficient (Wildman–Crippen LogP) is 2.21. The van der Waals surface area contributed by atoms with Crippen LogP contribution < -0.4 is 0 Å². The zero-order valence-corrected chi connectivity index (χ0v) is 11.0. The lowest BCUT2D eigenvalue weighted by Crippen LogP contribution is -2.17. The summed E-state index contributed by atoms with van der Waals surface area (Å²) < 4.78 is 5.48. The highest BCUT2D eigenvalue weighted by Gasteiger charge is 2.04. The first-order valence-corrected chi connectivity index (χ1v) is 5.98. The number of likely N-dealkylation sites (N-methyl/N-ethyl adjacent to an activating group) is 1. The third-order valence-corrected chi connectivity index (χ3v) is 2.69. The Morgan fingerprint density at radius 1 is 1.53 bits per heavy atom. The maximum Gasteiger partial charge on any atom is 0.328 e. The van der Waals surface area contributed by atoms with E-state index in [1.807, 2.05) is 37.1 Å². The third kappa shape index (κ3) is 3.66. The van der Waals surface area contributed by atoms with E-state index in [0.29, 0.717) is 12.4 Å². The highest BCUT2D eigenvalue weighted by atomic mass is 16.4. The number of aromatic nitrogens is 1. The Bertz CT molecular complexity index is 616. The van der Waals surface area contributed by atoms with Gasteiger partial charge in [0, 0.05) is 26.1 Å². The number of carboxylic acid groups (broad SMARTS) is 1. The van der Waals surface area contributed by atoms with Gasteiger partial charge in [-0.05, 0) is 24.7 Å². The Morgan fingerprint density at radius 3 is 3.05 bits per heavy atom. The summed E-state index contributed by atoms with van der Waals surface area (Å²) in [5.74, 6) is -0.267. The molecule has 0 radical (unpaired) electrons. The van der Waals surface area contributed by atoms with Crippen LogP contribution in [-0.4, -0.2) is 34.6 Å². The summed E-state index contributed by atoms with van der Waals surface area (Å²) in [5, 5.41) is 8.51. The van der Waals surface area contributed by atoms with Crippen LogP contribution in [0.5, 0.6) is 0 Å². The molecule has 1 aromatic heterocycles. The van der Waals surface area contributed by atoms with Crippen LogP contribution in [0.1, 0.15) is 11.5 Å². The van der Waals surface area contributed by atoms with Gasteiger partial charge in [-0.2, -0.15) is 0 Å². The fraction of sp³-hybridized carbons (Fsp3) is 0.286. The van der Waals surface area contributed by atoms with E-state index in [0.717, 1.165) is 29.3 Å². The molecule has 0 aliphatic carbocycles. The molecule has 0 saturated carbocycles. The van der Waals surface area contributed by atoms with Crippen molar-refractivity contribution in [3.05, 3.63) is 41.8 Å². The number of fused-ring (bicyclic) bond motifs is 1. The van der Waals surface area contributed by atoms with Crippen LogP contribution in [0.2, 0.25) is 0 Å². The van der Waals surface area contributed by atoms with E-state index in [4.69, 9.17) is 9.52 Å². The molecule has 0 bridgehead atoms. The lowest BCUT2D eigenvalue weighted by atomic mass is 10.2. The second-order valence-electron chi connectivity index (χ2n) is 4.47. The highest BCUT2D eigenvalue weighted by Crippen LogP contribution is 2.17. The van der Waals surface area contributed by atoms with Gasteiger partial charge in [0.15, 0.2) is 11.5 Å². The van der Waals surface area contributed by atoms with Crippen LogP contribution >= 0.6 is 0 Å². The van der Waals surface area contributed by atoms with Crippen LogP contribution in [0.15, 0.2) is 34.8 Å². The molecule has 0 fully saturated rings. The number of aryl methyl sites for hydroxylation is 1. The number of aliphatic carboxylic acids is 1. The number of carboxylic acids is 1. The van der Waals surface area contributed by atoms with Gasteiger partial charge in [0.2, 0.25) is 0 Å². The van der Waals surface area contributed by atoms with Gasteiger partial charge < -0.3 is 9.52 Å². The topological polar surface area (TPSA) is 66.6 Å². The van der Waals surface area contributed by atoms with Crippen LogP contribution in [-0.2, 0) is 11.3 Å². The molecule has 5 nitrogen and oxygen atoms in total. The van der Waals surface area contributed by atoms with Crippen molar-refractivity contribution in [1.29, 1.82) is 0 Å². The number of hydrogen-bond donors (Lipinski definition) is 1. The SMILES string of the molecule is Cc1nc2ccc(CN(C)C/C=C/C(=O)O)cc2o1. The summed E-state index contributed by atoms with van der Waals surface area (Å²) in [6, 6.07) is 5.90. The minimum Gasteiger partial charge on any atom is -0.478 e.